The molecule has 9 heteroatoms. The van der Waals surface area contributed by atoms with Gasteiger partial charge in [-0.05, 0) is 80.7 Å². The Labute approximate surface area is 269 Å². The number of carbonyl (C=O) groups excluding carboxylic acids is 3. The van der Waals surface area contributed by atoms with Crippen molar-refractivity contribution in [3.63, 3.8) is 0 Å². The topological polar surface area (TPSA) is 88.8 Å². The maximum absolute atomic E-state index is 14.6. The molecule has 6 rings (SSSR count). The van der Waals surface area contributed by atoms with Crippen molar-refractivity contribution in [2.45, 2.75) is 31.7 Å². The number of carbonyl (C=O) groups is 3. The van der Waals surface area contributed by atoms with E-state index < -0.39 is 6.04 Å². The summed E-state index contributed by atoms with van der Waals surface area (Å²) in [5.41, 5.74) is 4.40. The van der Waals surface area contributed by atoms with E-state index in [2.05, 4.69) is 15.2 Å². The van der Waals surface area contributed by atoms with Crippen LogP contribution in [0.1, 0.15) is 34.3 Å². The molecule has 45 heavy (non-hydrogen) atoms. The summed E-state index contributed by atoms with van der Waals surface area (Å²) in [5, 5.41) is 4.86. The smallest absolute Gasteiger partial charge is 0.253 e. The molecule has 4 aromatic rings. The molecule has 0 spiro atoms. The van der Waals surface area contributed by atoms with Gasteiger partial charge in [0.2, 0.25) is 11.8 Å². The van der Waals surface area contributed by atoms with Crippen LogP contribution in [0, 0.1) is 11.8 Å². The van der Waals surface area contributed by atoms with Crippen LogP contribution in [0.3, 0.4) is 0 Å². The van der Waals surface area contributed by atoms with Crippen molar-refractivity contribution >= 4 is 45.9 Å². The van der Waals surface area contributed by atoms with Crippen LogP contribution in [0.2, 0.25) is 5.02 Å². The fourth-order valence-corrected chi connectivity index (χ4v) is 7.11. The van der Waals surface area contributed by atoms with Crippen LogP contribution in [0.4, 0.5) is 5.69 Å². The molecule has 8 nitrogen and oxygen atoms in total. The zero-order valence-corrected chi connectivity index (χ0v) is 26.6. The lowest BCUT2D eigenvalue weighted by Gasteiger charge is -2.38. The first kappa shape index (κ1) is 30.9. The molecule has 0 bridgehead atoms. The summed E-state index contributed by atoms with van der Waals surface area (Å²) >= 11 is 6.68. The van der Waals surface area contributed by atoms with E-state index >= 15 is 0 Å². The Morgan fingerprint density at radius 1 is 0.978 bits per heavy atom. The number of piperidine rings is 1. The highest BCUT2D eigenvalue weighted by molar-refractivity contribution is 6.32. The summed E-state index contributed by atoms with van der Waals surface area (Å²) in [7, 11) is 4.07. The number of para-hydroxylation sites is 1. The lowest BCUT2D eigenvalue weighted by atomic mass is 9.90. The van der Waals surface area contributed by atoms with Crippen LogP contribution in [0.25, 0.3) is 10.9 Å². The van der Waals surface area contributed by atoms with Gasteiger partial charge in [-0.1, -0.05) is 54.1 Å². The number of H-pyrrole nitrogens is 1. The Morgan fingerprint density at radius 2 is 1.71 bits per heavy atom. The number of halogens is 1. The third-order valence-corrected chi connectivity index (χ3v) is 9.45. The van der Waals surface area contributed by atoms with E-state index in [9.17, 15) is 14.4 Å². The number of hydrogen-bond donors (Lipinski definition) is 2. The number of benzene rings is 3. The van der Waals surface area contributed by atoms with Gasteiger partial charge < -0.3 is 25.0 Å². The number of aromatic amines is 1. The van der Waals surface area contributed by atoms with E-state index in [1.54, 1.807) is 0 Å². The molecule has 2 aliphatic rings. The van der Waals surface area contributed by atoms with E-state index in [-0.39, 0.29) is 29.6 Å². The number of hydrogen-bond acceptors (Lipinski definition) is 4. The molecule has 2 atom stereocenters. The van der Waals surface area contributed by atoms with Crippen molar-refractivity contribution in [3.8, 4) is 0 Å². The van der Waals surface area contributed by atoms with Crippen molar-refractivity contribution < 1.29 is 14.4 Å². The molecule has 234 valence electrons. The van der Waals surface area contributed by atoms with Gasteiger partial charge in [0.05, 0.1) is 0 Å². The SMILES string of the molecule is CN(C)C[C@@H]1Cc2c(Cl)cccc2N(C(=O)[C@@H](Cc2c[nH]c3ccccc23)NC(=O)C2CCN(C(=O)c3ccccc3)CC2)C1. The minimum atomic E-state index is -0.773. The summed E-state index contributed by atoms with van der Waals surface area (Å²) in [5.74, 6) is -0.387. The number of fused-ring (bicyclic) bond motifs is 2. The van der Waals surface area contributed by atoms with Gasteiger partial charge in [0.1, 0.15) is 6.04 Å². The average Bonchev–Trinajstić information content (AvgIpc) is 3.46. The number of aromatic nitrogens is 1. The van der Waals surface area contributed by atoms with Crippen molar-refractivity contribution in [3.05, 3.63) is 101 Å². The van der Waals surface area contributed by atoms with Crippen molar-refractivity contribution in [1.29, 1.82) is 0 Å². The highest BCUT2D eigenvalue weighted by Crippen LogP contribution is 2.36. The van der Waals surface area contributed by atoms with E-state index in [4.69, 9.17) is 11.6 Å². The molecular weight excluding hydrogens is 586 g/mol. The third-order valence-electron chi connectivity index (χ3n) is 9.10. The molecule has 0 saturated carbocycles. The maximum Gasteiger partial charge on any atom is 0.253 e. The fourth-order valence-electron chi connectivity index (χ4n) is 6.87. The van der Waals surface area contributed by atoms with Gasteiger partial charge in [0, 0.05) is 71.9 Å². The molecule has 1 aromatic heterocycles. The normalized spacial score (nSPS) is 17.7. The van der Waals surface area contributed by atoms with E-state index in [0.717, 1.165) is 40.7 Å². The number of nitrogens with one attached hydrogen (secondary N) is 2. The molecule has 3 aromatic carbocycles. The average molecular weight is 626 g/mol. The Morgan fingerprint density at radius 3 is 2.47 bits per heavy atom. The van der Waals surface area contributed by atoms with Crippen LogP contribution in [-0.4, -0.2) is 78.8 Å². The lowest BCUT2D eigenvalue weighted by Crippen LogP contribution is -2.54. The lowest BCUT2D eigenvalue weighted by molar-refractivity contribution is -0.131. The van der Waals surface area contributed by atoms with Gasteiger partial charge in [0.25, 0.3) is 5.91 Å². The number of nitrogens with zero attached hydrogens (tertiary/aromatic N) is 3. The molecule has 1 fully saturated rings. The first-order valence-electron chi connectivity index (χ1n) is 15.7. The third kappa shape index (κ3) is 6.77. The number of anilines is 1. The summed E-state index contributed by atoms with van der Waals surface area (Å²) in [4.78, 5) is 50.5. The molecule has 3 heterocycles. The monoisotopic (exact) mass is 625 g/mol. The van der Waals surface area contributed by atoms with E-state index in [1.165, 1.54) is 0 Å². The minimum absolute atomic E-state index is 0.0171. The van der Waals surface area contributed by atoms with Crippen LogP contribution >= 0.6 is 11.6 Å². The Bertz CT molecular complexity index is 1680. The minimum Gasteiger partial charge on any atom is -0.361 e. The van der Waals surface area contributed by atoms with Gasteiger partial charge >= 0.3 is 0 Å². The highest BCUT2D eigenvalue weighted by atomic mass is 35.5. The Kier molecular flexibility index (Phi) is 9.24. The van der Waals surface area contributed by atoms with E-state index in [0.29, 0.717) is 49.5 Å². The standard InChI is InChI=1S/C36H40ClN5O3/c1-40(2)22-24-19-29-30(37)12-8-14-33(29)42(23-24)36(45)32(20-27-21-38-31-13-7-6-11-28(27)31)39-34(43)25-15-17-41(18-16-25)35(44)26-9-4-3-5-10-26/h3-14,21,24-25,32,38H,15-20,22-23H2,1-2H3,(H,39,43)/t24-,32+/m0/s1. The maximum atomic E-state index is 14.6. The second-order valence-electron chi connectivity index (χ2n) is 12.6. The summed E-state index contributed by atoms with van der Waals surface area (Å²) in [6, 6.07) is 22.2. The van der Waals surface area contributed by atoms with Gasteiger partial charge in [0.15, 0.2) is 0 Å². The molecule has 1 saturated heterocycles. The molecule has 0 aliphatic carbocycles. The van der Waals surface area contributed by atoms with Gasteiger partial charge in [-0.15, -0.1) is 0 Å². The summed E-state index contributed by atoms with van der Waals surface area (Å²) < 4.78 is 0. The predicted molar refractivity (Wildman–Crippen MR) is 179 cm³/mol. The zero-order valence-electron chi connectivity index (χ0n) is 25.8. The first-order chi connectivity index (χ1) is 21.8. The van der Waals surface area contributed by atoms with Crippen LogP contribution < -0.4 is 10.2 Å². The largest absolute Gasteiger partial charge is 0.361 e. The quantitative estimate of drug-likeness (QED) is 0.283. The Hall–Kier alpha value is -4.14. The second-order valence-corrected chi connectivity index (χ2v) is 13.0. The second kappa shape index (κ2) is 13.5. The molecule has 0 radical (unpaired) electrons. The number of amides is 3. The molecule has 0 unspecified atom stereocenters. The predicted octanol–water partition coefficient (Wildman–Crippen LogP) is 5.17. The van der Waals surface area contributed by atoms with Crippen LogP contribution in [0.15, 0.2) is 79.0 Å². The van der Waals surface area contributed by atoms with Crippen LogP contribution in [0.5, 0.6) is 0 Å². The number of likely N-dealkylation sites (tertiary alicyclic amines) is 1. The molecule has 3 amide bonds. The zero-order chi connectivity index (χ0) is 31.5. The van der Waals surface area contributed by atoms with Crippen molar-refractivity contribution in [1.82, 2.24) is 20.1 Å². The summed E-state index contributed by atoms with van der Waals surface area (Å²) in [6.45, 7) is 2.35. The van der Waals surface area contributed by atoms with E-state index in [1.807, 2.05) is 103 Å². The van der Waals surface area contributed by atoms with Gasteiger partial charge in [-0.3, -0.25) is 14.4 Å². The highest BCUT2D eigenvalue weighted by Gasteiger charge is 2.36. The van der Waals surface area contributed by atoms with Crippen molar-refractivity contribution in [2.24, 2.45) is 11.8 Å². The number of rotatable bonds is 8. The van der Waals surface area contributed by atoms with Crippen LogP contribution in [-0.2, 0) is 22.4 Å². The first-order valence-corrected chi connectivity index (χ1v) is 16.1. The van der Waals surface area contributed by atoms with Gasteiger partial charge in [-0.25, -0.2) is 0 Å². The molecular formula is C36H40ClN5O3. The molecule has 2 aliphatic heterocycles. The fraction of sp³-hybridized carbons (Fsp3) is 0.361. The Balaban J connectivity index is 1.24. The van der Waals surface area contributed by atoms with Crippen molar-refractivity contribution in [2.75, 3.05) is 45.2 Å². The van der Waals surface area contributed by atoms with Gasteiger partial charge in [-0.2, -0.15) is 0 Å². The molecule has 2 N–H and O–H groups in total. The summed E-state index contributed by atoms with van der Waals surface area (Å²) in [6.07, 6.45) is 4.17.